The summed E-state index contributed by atoms with van der Waals surface area (Å²) < 4.78 is 0. The summed E-state index contributed by atoms with van der Waals surface area (Å²) >= 11 is 0. The maximum absolute atomic E-state index is 10.9. The molecule has 110 valence electrons. The van der Waals surface area contributed by atoms with Crippen LogP contribution in [0, 0.1) is 5.92 Å². The molecule has 0 radical (unpaired) electrons. The first-order chi connectivity index (χ1) is 9.02. The molecule has 1 fully saturated rings. The number of nitrogens with zero attached hydrogens (tertiary/aromatic N) is 1. The fraction of sp³-hybridized carbons (Fsp3) is 0.846. The normalized spacial score (nSPS) is 19.1. The highest BCUT2D eigenvalue weighted by Gasteiger charge is 2.20. The molecule has 0 bridgehead atoms. The topological polar surface area (TPSA) is 81.7 Å². The smallest absolute Gasteiger partial charge is 0.327 e. The van der Waals surface area contributed by atoms with E-state index in [1.54, 1.807) is 0 Å². The number of amides is 1. The van der Waals surface area contributed by atoms with Crippen molar-refractivity contribution in [3.05, 3.63) is 0 Å². The monoisotopic (exact) mass is 271 g/mol. The van der Waals surface area contributed by atoms with Crippen LogP contribution in [0.2, 0.25) is 0 Å². The SMILES string of the molecule is CCN1CCC(CNCC(NC(C)=O)C(=O)O)CC1. The lowest BCUT2D eigenvalue weighted by molar-refractivity contribution is -0.141. The summed E-state index contributed by atoms with van der Waals surface area (Å²) in [5.74, 6) is -0.705. The average molecular weight is 271 g/mol. The van der Waals surface area contributed by atoms with Crippen molar-refractivity contribution < 1.29 is 14.7 Å². The van der Waals surface area contributed by atoms with Gasteiger partial charge in [0.2, 0.25) is 5.91 Å². The molecule has 0 saturated carbocycles. The van der Waals surface area contributed by atoms with E-state index in [0.29, 0.717) is 5.92 Å². The first-order valence-corrected chi connectivity index (χ1v) is 6.96. The quantitative estimate of drug-likeness (QED) is 0.602. The summed E-state index contributed by atoms with van der Waals surface area (Å²) in [5.41, 5.74) is 0. The zero-order valence-corrected chi connectivity index (χ0v) is 11.8. The van der Waals surface area contributed by atoms with Crippen molar-refractivity contribution >= 4 is 11.9 Å². The number of carbonyl (C=O) groups is 2. The predicted molar refractivity (Wildman–Crippen MR) is 72.9 cm³/mol. The van der Waals surface area contributed by atoms with Crippen LogP contribution in [0.15, 0.2) is 0 Å². The number of likely N-dealkylation sites (tertiary alicyclic amines) is 1. The fourth-order valence-electron chi connectivity index (χ4n) is 2.38. The van der Waals surface area contributed by atoms with E-state index in [1.165, 1.54) is 6.92 Å². The molecular weight excluding hydrogens is 246 g/mol. The minimum Gasteiger partial charge on any atom is -0.480 e. The van der Waals surface area contributed by atoms with Crippen LogP contribution in [0.4, 0.5) is 0 Å². The second-order valence-electron chi connectivity index (χ2n) is 5.13. The third-order valence-electron chi connectivity index (χ3n) is 3.61. The van der Waals surface area contributed by atoms with Crippen LogP contribution in [-0.2, 0) is 9.59 Å². The molecule has 0 aromatic rings. The number of carboxylic acids is 1. The van der Waals surface area contributed by atoms with Gasteiger partial charge in [-0.1, -0.05) is 6.92 Å². The third kappa shape index (κ3) is 6.02. The minimum atomic E-state index is -0.997. The van der Waals surface area contributed by atoms with E-state index in [9.17, 15) is 9.59 Å². The van der Waals surface area contributed by atoms with Crippen LogP contribution in [0.3, 0.4) is 0 Å². The van der Waals surface area contributed by atoms with Crippen molar-refractivity contribution in [1.29, 1.82) is 0 Å². The highest BCUT2D eigenvalue weighted by atomic mass is 16.4. The average Bonchev–Trinajstić information content (AvgIpc) is 2.37. The number of hydrogen-bond acceptors (Lipinski definition) is 4. The van der Waals surface area contributed by atoms with Gasteiger partial charge >= 0.3 is 5.97 Å². The first kappa shape index (κ1) is 15.9. The third-order valence-corrected chi connectivity index (χ3v) is 3.61. The number of aliphatic carboxylic acids is 1. The standard InChI is InChI=1S/C13H25N3O3/c1-3-16-6-4-11(5-7-16)8-14-9-12(13(18)19)15-10(2)17/h11-12,14H,3-9H2,1-2H3,(H,15,17)(H,18,19). The molecule has 1 aliphatic heterocycles. The molecule has 6 heteroatoms. The largest absolute Gasteiger partial charge is 0.480 e. The van der Waals surface area contributed by atoms with Crippen LogP contribution in [0.25, 0.3) is 0 Å². The van der Waals surface area contributed by atoms with Crippen LogP contribution in [-0.4, -0.2) is 60.6 Å². The van der Waals surface area contributed by atoms with E-state index < -0.39 is 12.0 Å². The van der Waals surface area contributed by atoms with E-state index in [1.807, 2.05) is 0 Å². The van der Waals surface area contributed by atoms with Crippen molar-refractivity contribution in [2.75, 3.05) is 32.7 Å². The Hall–Kier alpha value is -1.14. The molecular formula is C13H25N3O3. The van der Waals surface area contributed by atoms with Crippen molar-refractivity contribution in [3.8, 4) is 0 Å². The Kier molecular flexibility index (Phi) is 6.80. The van der Waals surface area contributed by atoms with Gasteiger partial charge in [-0.15, -0.1) is 0 Å². The van der Waals surface area contributed by atoms with E-state index in [2.05, 4.69) is 22.5 Å². The van der Waals surface area contributed by atoms with Gasteiger partial charge in [0.15, 0.2) is 0 Å². The molecule has 0 aromatic carbocycles. The van der Waals surface area contributed by atoms with E-state index in [-0.39, 0.29) is 12.5 Å². The predicted octanol–water partition coefficient (Wildman–Crippen LogP) is -0.103. The molecule has 1 amide bonds. The van der Waals surface area contributed by atoms with Gasteiger partial charge in [0.25, 0.3) is 0 Å². The van der Waals surface area contributed by atoms with E-state index in [0.717, 1.165) is 39.0 Å². The van der Waals surface area contributed by atoms with Gasteiger partial charge in [0.1, 0.15) is 6.04 Å². The maximum atomic E-state index is 10.9. The van der Waals surface area contributed by atoms with Crippen LogP contribution in [0.5, 0.6) is 0 Å². The molecule has 1 saturated heterocycles. The Balaban J connectivity index is 2.21. The Bertz CT molecular complexity index is 302. The number of nitrogens with one attached hydrogen (secondary N) is 2. The van der Waals surface area contributed by atoms with Crippen LogP contribution < -0.4 is 10.6 Å². The van der Waals surface area contributed by atoms with Gasteiger partial charge < -0.3 is 20.6 Å². The Morgan fingerprint density at radius 3 is 2.47 bits per heavy atom. The molecule has 19 heavy (non-hydrogen) atoms. The molecule has 1 atom stereocenters. The summed E-state index contributed by atoms with van der Waals surface area (Å²) in [6.45, 7) is 7.95. The minimum absolute atomic E-state index is 0.281. The summed E-state index contributed by atoms with van der Waals surface area (Å²) in [7, 11) is 0. The second-order valence-corrected chi connectivity index (χ2v) is 5.13. The van der Waals surface area contributed by atoms with Crippen molar-refractivity contribution in [1.82, 2.24) is 15.5 Å². The number of carboxylic acid groups (broad SMARTS) is 1. The molecule has 0 spiro atoms. The lowest BCUT2D eigenvalue weighted by Gasteiger charge is -2.31. The zero-order valence-electron chi connectivity index (χ0n) is 11.8. The molecule has 0 aliphatic carbocycles. The summed E-state index contributed by atoms with van der Waals surface area (Å²) in [6, 6.07) is -0.840. The Labute approximate surface area is 114 Å². The summed E-state index contributed by atoms with van der Waals surface area (Å²) in [6.07, 6.45) is 2.30. The molecule has 0 aromatic heterocycles. The van der Waals surface area contributed by atoms with Gasteiger partial charge in [-0.3, -0.25) is 4.79 Å². The van der Waals surface area contributed by atoms with Gasteiger partial charge in [-0.05, 0) is 44.9 Å². The second kappa shape index (κ2) is 8.12. The summed E-state index contributed by atoms with van der Waals surface area (Å²) in [5, 5.41) is 14.5. The number of carbonyl (C=O) groups excluding carboxylic acids is 1. The van der Waals surface area contributed by atoms with Gasteiger partial charge in [-0.2, -0.15) is 0 Å². The lowest BCUT2D eigenvalue weighted by Crippen LogP contribution is -2.47. The van der Waals surface area contributed by atoms with Crippen molar-refractivity contribution in [2.45, 2.75) is 32.7 Å². The molecule has 6 nitrogen and oxygen atoms in total. The molecule has 1 aliphatic rings. The number of rotatable bonds is 7. The molecule has 1 rings (SSSR count). The Morgan fingerprint density at radius 2 is 2.00 bits per heavy atom. The van der Waals surface area contributed by atoms with E-state index >= 15 is 0 Å². The van der Waals surface area contributed by atoms with Gasteiger partial charge in [-0.25, -0.2) is 4.79 Å². The van der Waals surface area contributed by atoms with Crippen molar-refractivity contribution in [3.63, 3.8) is 0 Å². The number of piperidine rings is 1. The van der Waals surface area contributed by atoms with Crippen molar-refractivity contribution in [2.24, 2.45) is 5.92 Å². The maximum Gasteiger partial charge on any atom is 0.327 e. The van der Waals surface area contributed by atoms with E-state index in [4.69, 9.17) is 5.11 Å². The van der Waals surface area contributed by atoms with Crippen LogP contribution in [0.1, 0.15) is 26.7 Å². The summed E-state index contributed by atoms with van der Waals surface area (Å²) in [4.78, 5) is 24.2. The molecule has 1 unspecified atom stereocenters. The zero-order chi connectivity index (χ0) is 14.3. The highest BCUT2D eigenvalue weighted by molar-refractivity contribution is 5.82. The van der Waals surface area contributed by atoms with Crippen LogP contribution >= 0.6 is 0 Å². The van der Waals surface area contributed by atoms with Gasteiger partial charge in [0.05, 0.1) is 0 Å². The molecule has 1 heterocycles. The first-order valence-electron chi connectivity index (χ1n) is 6.96. The fourth-order valence-corrected chi connectivity index (χ4v) is 2.38. The molecule has 3 N–H and O–H groups in total. The highest BCUT2D eigenvalue weighted by Crippen LogP contribution is 2.15. The Morgan fingerprint density at radius 1 is 1.37 bits per heavy atom. The lowest BCUT2D eigenvalue weighted by atomic mass is 9.97. The number of hydrogen-bond donors (Lipinski definition) is 3. The van der Waals surface area contributed by atoms with Gasteiger partial charge in [0, 0.05) is 13.5 Å².